The Labute approximate surface area is 192 Å². The van der Waals surface area contributed by atoms with E-state index in [0.29, 0.717) is 60.6 Å². The maximum Gasteiger partial charge on any atom is 0.409 e. The number of hydrogen-bond donors (Lipinski definition) is 1. The third-order valence-electron chi connectivity index (χ3n) is 5.86. The molecule has 1 saturated heterocycles. The van der Waals surface area contributed by atoms with Gasteiger partial charge in [0.2, 0.25) is 0 Å². The Morgan fingerprint density at radius 1 is 1.09 bits per heavy atom. The molecule has 0 aliphatic carbocycles. The zero-order valence-corrected chi connectivity index (χ0v) is 19.7. The number of rotatable bonds is 7. The number of aromatic nitrogens is 2. The molecule has 174 valence electrons. The van der Waals surface area contributed by atoms with Gasteiger partial charge in [-0.15, -0.1) is 0 Å². The van der Waals surface area contributed by atoms with Crippen LogP contribution in [0.25, 0.3) is 10.9 Å². The Hall–Kier alpha value is -2.72. The molecule has 2 amide bonds. The minimum absolute atomic E-state index is 0.138. The lowest BCUT2D eigenvalue weighted by Crippen LogP contribution is -2.50. The highest BCUT2D eigenvalue weighted by Gasteiger charge is 2.25. The smallest absolute Gasteiger partial charge is 0.409 e. The summed E-state index contributed by atoms with van der Waals surface area (Å²) in [7, 11) is 0. The minimum Gasteiger partial charge on any atom is -0.450 e. The number of benzene rings is 1. The summed E-state index contributed by atoms with van der Waals surface area (Å²) >= 11 is 5.43. The van der Waals surface area contributed by atoms with Gasteiger partial charge in [0.05, 0.1) is 17.5 Å². The third-order valence-corrected chi connectivity index (χ3v) is 6.18. The van der Waals surface area contributed by atoms with Crippen LogP contribution in [0.3, 0.4) is 0 Å². The Morgan fingerprint density at radius 2 is 1.75 bits per heavy atom. The van der Waals surface area contributed by atoms with Crippen molar-refractivity contribution in [2.24, 2.45) is 0 Å². The average molecular weight is 462 g/mol. The summed E-state index contributed by atoms with van der Waals surface area (Å²) in [6.07, 6.45) is -0.352. The highest BCUT2D eigenvalue weighted by Crippen LogP contribution is 2.15. The number of H-pyrrole nitrogens is 1. The van der Waals surface area contributed by atoms with E-state index in [1.54, 1.807) is 39.5 Å². The molecule has 1 N–H and O–H groups in total. The fourth-order valence-electron chi connectivity index (χ4n) is 3.86. The first-order chi connectivity index (χ1) is 15.4. The molecule has 32 heavy (non-hydrogen) atoms. The normalized spacial score (nSPS) is 14.2. The summed E-state index contributed by atoms with van der Waals surface area (Å²) in [6, 6.07) is 5.04. The molecule has 1 aromatic heterocycles. The van der Waals surface area contributed by atoms with E-state index in [2.05, 4.69) is 23.7 Å². The van der Waals surface area contributed by atoms with E-state index >= 15 is 0 Å². The van der Waals surface area contributed by atoms with Crippen LogP contribution in [-0.2, 0) is 11.3 Å². The second-order valence-electron chi connectivity index (χ2n) is 7.65. The maximum absolute atomic E-state index is 13.0. The zero-order chi connectivity index (χ0) is 23.3. The quantitative estimate of drug-likeness (QED) is 0.637. The lowest BCUT2D eigenvalue weighted by atomic mass is 10.1. The summed E-state index contributed by atoms with van der Waals surface area (Å²) < 4.78 is 6.95. The van der Waals surface area contributed by atoms with E-state index < -0.39 is 0 Å². The van der Waals surface area contributed by atoms with Crippen LogP contribution < -0.4 is 5.56 Å². The van der Waals surface area contributed by atoms with Gasteiger partial charge in [0.1, 0.15) is 0 Å². The molecule has 2 aromatic rings. The molecule has 1 aromatic carbocycles. The van der Waals surface area contributed by atoms with Gasteiger partial charge in [0.15, 0.2) is 4.77 Å². The lowest BCUT2D eigenvalue weighted by molar-refractivity contribution is 0.0570. The lowest BCUT2D eigenvalue weighted by Gasteiger charge is -2.34. The molecule has 0 radical (unpaired) electrons. The third kappa shape index (κ3) is 5.18. The number of piperazine rings is 1. The first-order valence-electron chi connectivity index (χ1n) is 11.1. The molecule has 0 unspecified atom stereocenters. The second-order valence-corrected chi connectivity index (χ2v) is 8.04. The number of hydrogen-bond acceptors (Lipinski definition) is 6. The van der Waals surface area contributed by atoms with Crippen molar-refractivity contribution >= 4 is 35.1 Å². The number of ether oxygens (including phenoxy) is 1. The van der Waals surface area contributed by atoms with E-state index in [0.717, 1.165) is 19.6 Å². The molecule has 0 bridgehead atoms. The molecule has 0 spiro atoms. The molecule has 10 heteroatoms. The number of carbonyl (C=O) groups excluding carboxylic acids is 2. The molecule has 1 aliphatic rings. The van der Waals surface area contributed by atoms with Gasteiger partial charge in [-0.2, -0.15) is 0 Å². The maximum atomic E-state index is 13.0. The van der Waals surface area contributed by atoms with Gasteiger partial charge in [-0.25, -0.2) is 4.79 Å². The Bertz CT molecular complexity index is 1080. The molecule has 9 nitrogen and oxygen atoms in total. The van der Waals surface area contributed by atoms with Crippen molar-refractivity contribution in [3.63, 3.8) is 0 Å². The van der Waals surface area contributed by atoms with Crippen LogP contribution in [0.1, 0.15) is 31.1 Å². The van der Waals surface area contributed by atoms with Gasteiger partial charge < -0.3 is 24.4 Å². The Kier molecular flexibility index (Phi) is 8.03. The highest BCUT2D eigenvalue weighted by atomic mass is 32.1. The topological polar surface area (TPSA) is 90.9 Å². The summed E-state index contributed by atoms with van der Waals surface area (Å²) in [5.41, 5.74) is 0.876. The molecule has 0 atom stereocenters. The molecule has 1 fully saturated rings. The first kappa shape index (κ1) is 23.9. The Morgan fingerprint density at radius 3 is 2.38 bits per heavy atom. The number of amides is 2. The molecule has 0 saturated carbocycles. The fraction of sp³-hybridized carbons (Fsp3) is 0.545. The van der Waals surface area contributed by atoms with E-state index in [-0.39, 0.29) is 17.6 Å². The standard InChI is InChI=1S/C22H31N5O4S/c1-4-24(5-2)9-14-27-20(29)17-8-7-16(15-18(17)23-21(27)32)19(28)25-10-12-26(13-11-25)22(30)31-6-3/h7-8,15H,4-6,9-14H2,1-3H3,(H,23,32). The van der Waals surface area contributed by atoms with Gasteiger partial charge in [-0.3, -0.25) is 14.2 Å². The van der Waals surface area contributed by atoms with Crippen molar-refractivity contribution < 1.29 is 14.3 Å². The van der Waals surface area contributed by atoms with E-state index in [4.69, 9.17) is 17.0 Å². The van der Waals surface area contributed by atoms with Crippen LogP contribution in [0, 0.1) is 4.77 Å². The van der Waals surface area contributed by atoms with Crippen molar-refractivity contribution in [1.29, 1.82) is 0 Å². The number of fused-ring (bicyclic) bond motifs is 1. The van der Waals surface area contributed by atoms with Crippen molar-refractivity contribution in [3.8, 4) is 0 Å². The Balaban J connectivity index is 1.76. The minimum atomic E-state index is -0.352. The van der Waals surface area contributed by atoms with Crippen molar-refractivity contribution in [1.82, 2.24) is 24.3 Å². The predicted molar refractivity (Wildman–Crippen MR) is 126 cm³/mol. The van der Waals surface area contributed by atoms with Crippen LogP contribution in [0.5, 0.6) is 0 Å². The molecular formula is C22H31N5O4S. The summed E-state index contributed by atoms with van der Waals surface area (Å²) in [4.78, 5) is 46.5. The van der Waals surface area contributed by atoms with Gasteiger partial charge in [-0.1, -0.05) is 13.8 Å². The molecule has 3 rings (SSSR count). The van der Waals surface area contributed by atoms with Crippen LogP contribution in [0.2, 0.25) is 0 Å². The number of nitrogens with zero attached hydrogens (tertiary/aromatic N) is 4. The fourth-order valence-corrected chi connectivity index (χ4v) is 4.15. The monoisotopic (exact) mass is 461 g/mol. The van der Waals surface area contributed by atoms with E-state index in [9.17, 15) is 14.4 Å². The van der Waals surface area contributed by atoms with E-state index in [1.165, 1.54) is 0 Å². The predicted octanol–water partition coefficient (Wildman–Crippen LogP) is 2.32. The molecule has 1 aliphatic heterocycles. The van der Waals surface area contributed by atoms with Crippen LogP contribution in [-0.4, -0.2) is 88.7 Å². The summed E-state index contributed by atoms with van der Waals surface area (Å²) in [5.74, 6) is -0.138. The van der Waals surface area contributed by atoms with Crippen LogP contribution in [0.15, 0.2) is 23.0 Å². The SMILES string of the molecule is CCOC(=O)N1CCN(C(=O)c2ccc3c(=O)n(CCN(CC)CC)c(=S)[nH]c3c2)CC1. The number of nitrogens with one attached hydrogen (secondary N) is 1. The van der Waals surface area contributed by atoms with Gasteiger partial charge in [0, 0.05) is 44.8 Å². The summed E-state index contributed by atoms with van der Waals surface area (Å²) in [5, 5.41) is 0.502. The number of likely N-dealkylation sites (N-methyl/N-ethyl adjacent to an activating group) is 1. The van der Waals surface area contributed by atoms with Crippen molar-refractivity contribution in [3.05, 3.63) is 38.9 Å². The van der Waals surface area contributed by atoms with Crippen molar-refractivity contribution in [2.75, 3.05) is 52.4 Å². The second kappa shape index (κ2) is 10.7. The van der Waals surface area contributed by atoms with Crippen LogP contribution >= 0.6 is 12.2 Å². The van der Waals surface area contributed by atoms with Crippen LogP contribution in [0.4, 0.5) is 4.79 Å². The van der Waals surface area contributed by atoms with Gasteiger partial charge >= 0.3 is 6.09 Å². The summed E-state index contributed by atoms with van der Waals surface area (Å²) in [6.45, 7) is 11.1. The molecular weight excluding hydrogens is 430 g/mol. The van der Waals surface area contributed by atoms with E-state index in [1.807, 2.05) is 0 Å². The highest BCUT2D eigenvalue weighted by molar-refractivity contribution is 7.71. The number of aromatic amines is 1. The van der Waals surface area contributed by atoms with Crippen molar-refractivity contribution in [2.45, 2.75) is 27.3 Å². The first-order valence-corrected chi connectivity index (χ1v) is 11.5. The zero-order valence-electron chi connectivity index (χ0n) is 18.9. The van der Waals surface area contributed by atoms with Gasteiger partial charge in [0.25, 0.3) is 11.5 Å². The average Bonchev–Trinajstić information content (AvgIpc) is 2.80. The largest absolute Gasteiger partial charge is 0.450 e. The van der Waals surface area contributed by atoms with Gasteiger partial charge in [-0.05, 0) is 50.4 Å². The number of carbonyl (C=O) groups is 2. The molecule has 2 heterocycles.